The highest BCUT2D eigenvalue weighted by Crippen LogP contribution is 2.40. The molecular formula is C30H33ClN4O2S. The highest BCUT2D eigenvalue weighted by molar-refractivity contribution is 7.10. The van der Waals surface area contributed by atoms with Gasteiger partial charge in [-0.1, -0.05) is 42.8 Å². The second kappa shape index (κ2) is 12.9. The quantitative estimate of drug-likeness (QED) is 0.164. The molecule has 38 heavy (non-hydrogen) atoms. The number of nitrogens with zero attached hydrogens (tertiary/aromatic N) is 2. The average molecular weight is 549 g/mol. The van der Waals surface area contributed by atoms with Crippen molar-refractivity contribution in [1.82, 2.24) is 20.2 Å². The number of carbonyl (C=O) groups is 1. The number of H-pyrrole nitrogens is 1. The molecule has 4 aromatic rings. The van der Waals surface area contributed by atoms with Crippen molar-refractivity contribution in [2.75, 3.05) is 33.8 Å². The summed E-state index contributed by atoms with van der Waals surface area (Å²) in [5.74, 6) is 0.523. The third-order valence-corrected chi connectivity index (χ3v) is 7.40. The Labute approximate surface area is 233 Å². The summed E-state index contributed by atoms with van der Waals surface area (Å²) >= 11 is 8.68. The molecule has 0 aliphatic carbocycles. The molecule has 4 rings (SSSR count). The minimum atomic E-state index is -0.0325. The highest BCUT2D eigenvalue weighted by Gasteiger charge is 2.20. The van der Waals surface area contributed by atoms with E-state index in [9.17, 15) is 4.79 Å². The van der Waals surface area contributed by atoms with Crippen LogP contribution in [0.5, 0.6) is 5.88 Å². The number of carbonyl (C=O) groups excluding carboxylic acids is 1. The number of halogens is 1. The third kappa shape index (κ3) is 6.54. The minimum absolute atomic E-state index is 0.0325. The van der Waals surface area contributed by atoms with Crippen LogP contribution in [-0.4, -0.2) is 54.6 Å². The van der Waals surface area contributed by atoms with Crippen molar-refractivity contribution in [3.63, 3.8) is 0 Å². The maximum absolute atomic E-state index is 11.6. The molecule has 198 valence electrons. The summed E-state index contributed by atoms with van der Waals surface area (Å²) in [7, 11) is 3.46. The van der Waals surface area contributed by atoms with Gasteiger partial charge in [0.25, 0.3) is 0 Å². The number of hydrogen-bond donors (Lipinski definition) is 2. The number of ether oxygens (including phenoxy) is 1. The van der Waals surface area contributed by atoms with E-state index in [1.54, 1.807) is 37.6 Å². The molecule has 0 saturated carbocycles. The zero-order valence-electron chi connectivity index (χ0n) is 22.2. The lowest BCUT2D eigenvalue weighted by atomic mass is 9.92. The summed E-state index contributed by atoms with van der Waals surface area (Å²) in [6.07, 6.45) is 6.05. The van der Waals surface area contributed by atoms with Gasteiger partial charge in [-0.15, -0.1) is 11.3 Å². The van der Waals surface area contributed by atoms with Crippen LogP contribution in [0.25, 0.3) is 22.0 Å². The largest absolute Gasteiger partial charge is 0.476 e. The number of likely N-dealkylation sites (N-methyl/N-ethyl adjacent to an activating group) is 1. The number of benzene rings is 1. The Kier molecular flexibility index (Phi) is 9.39. The van der Waals surface area contributed by atoms with Gasteiger partial charge in [0.15, 0.2) is 0 Å². The van der Waals surface area contributed by atoms with Crippen LogP contribution in [0.2, 0.25) is 5.02 Å². The zero-order chi connectivity index (χ0) is 27.1. The first-order chi connectivity index (χ1) is 18.4. The molecule has 0 fully saturated rings. The smallest absolute Gasteiger partial charge is 0.245 e. The molecule has 1 aromatic carbocycles. The number of fused-ring (bicyclic) bond motifs is 1. The molecule has 6 nitrogen and oxygen atoms in total. The maximum Gasteiger partial charge on any atom is 0.245 e. The van der Waals surface area contributed by atoms with Crippen molar-refractivity contribution in [2.24, 2.45) is 0 Å². The van der Waals surface area contributed by atoms with Crippen molar-refractivity contribution in [2.45, 2.75) is 20.3 Å². The Morgan fingerprint density at radius 2 is 2.03 bits per heavy atom. The third-order valence-electron chi connectivity index (χ3n) is 6.14. The van der Waals surface area contributed by atoms with E-state index in [1.807, 2.05) is 42.6 Å². The predicted molar refractivity (Wildman–Crippen MR) is 159 cm³/mol. The van der Waals surface area contributed by atoms with Crippen LogP contribution in [0.3, 0.4) is 0 Å². The van der Waals surface area contributed by atoms with Crippen molar-refractivity contribution < 1.29 is 9.53 Å². The maximum atomic E-state index is 11.6. The Balaban J connectivity index is 1.54. The van der Waals surface area contributed by atoms with E-state index in [4.69, 9.17) is 16.3 Å². The number of aromatic nitrogens is 2. The summed E-state index contributed by atoms with van der Waals surface area (Å²) in [4.78, 5) is 22.5. The molecule has 0 unspecified atom stereocenters. The molecule has 0 saturated heterocycles. The first kappa shape index (κ1) is 27.6. The average Bonchev–Trinajstić information content (AvgIpc) is 3.49. The topological polar surface area (TPSA) is 70.2 Å². The molecule has 0 aliphatic rings. The van der Waals surface area contributed by atoms with Crippen molar-refractivity contribution in [3.8, 4) is 5.88 Å². The van der Waals surface area contributed by atoms with E-state index >= 15 is 0 Å². The summed E-state index contributed by atoms with van der Waals surface area (Å²) in [6, 6.07) is 14.2. The van der Waals surface area contributed by atoms with Crippen LogP contribution in [0.15, 0.2) is 66.2 Å². The second-order valence-corrected chi connectivity index (χ2v) is 10.6. The lowest BCUT2D eigenvalue weighted by molar-refractivity contribution is -0.123. The first-order valence-electron chi connectivity index (χ1n) is 12.6. The number of aryl methyl sites for hydroxylation is 1. The Bertz CT molecular complexity index is 1450. The molecule has 3 heterocycles. The molecule has 0 spiro atoms. The minimum Gasteiger partial charge on any atom is -0.476 e. The van der Waals surface area contributed by atoms with Crippen LogP contribution in [0.4, 0.5) is 0 Å². The van der Waals surface area contributed by atoms with E-state index in [1.165, 1.54) is 20.9 Å². The zero-order valence-corrected chi connectivity index (χ0v) is 23.7. The molecule has 3 aromatic heterocycles. The molecule has 2 N–H and O–H groups in total. The molecule has 8 heteroatoms. The fraction of sp³-hybridized carbons (Fsp3) is 0.267. The number of nitrogens with one attached hydrogen (secondary N) is 2. The van der Waals surface area contributed by atoms with E-state index in [-0.39, 0.29) is 5.91 Å². The lowest BCUT2D eigenvalue weighted by Gasteiger charge is -2.15. The molecule has 0 atom stereocenters. The fourth-order valence-corrected chi connectivity index (χ4v) is 5.24. The van der Waals surface area contributed by atoms with Crippen LogP contribution in [0, 0.1) is 6.92 Å². The molecule has 1 amide bonds. The van der Waals surface area contributed by atoms with Gasteiger partial charge in [0.1, 0.15) is 6.61 Å². The number of allylic oxidation sites excluding steroid dienone is 1. The first-order valence-corrected chi connectivity index (χ1v) is 13.9. The van der Waals surface area contributed by atoms with Gasteiger partial charge in [0.05, 0.1) is 10.7 Å². The Morgan fingerprint density at radius 3 is 2.68 bits per heavy atom. The summed E-state index contributed by atoms with van der Waals surface area (Å²) in [5.41, 5.74) is 6.33. The number of para-hydroxylation sites is 1. The van der Waals surface area contributed by atoms with Gasteiger partial charge < -0.3 is 19.9 Å². The number of rotatable bonds is 11. The van der Waals surface area contributed by atoms with Crippen LogP contribution < -0.4 is 10.1 Å². The van der Waals surface area contributed by atoms with Gasteiger partial charge in [-0.3, -0.25) is 4.79 Å². The number of aromatic amines is 1. The van der Waals surface area contributed by atoms with Gasteiger partial charge >= 0.3 is 0 Å². The number of thiophene rings is 1. The summed E-state index contributed by atoms with van der Waals surface area (Å²) < 4.78 is 5.84. The van der Waals surface area contributed by atoms with Gasteiger partial charge in [-0.2, -0.15) is 0 Å². The second-order valence-electron chi connectivity index (χ2n) is 9.09. The van der Waals surface area contributed by atoms with Crippen molar-refractivity contribution in [1.29, 1.82) is 0 Å². The Hall–Kier alpha value is -3.39. The monoisotopic (exact) mass is 548 g/mol. The van der Waals surface area contributed by atoms with Crippen LogP contribution in [0.1, 0.15) is 35.0 Å². The Morgan fingerprint density at radius 1 is 1.21 bits per heavy atom. The van der Waals surface area contributed by atoms with Crippen LogP contribution in [-0.2, 0) is 4.79 Å². The summed E-state index contributed by atoms with van der Waals surface area (Å²) in [5, 5.41) is 7.14. The lowest BCUT2D eigenvalue weighted by Crippen LogP contribution is -2.22. The molecule has 0 radical (unpaired) electrons. The van der Waals surface area contributed by atoms with E-state index in [0.29, 0.717) is 30.6 Å². The standard InChI is InChI=1S/C30H33ClN4O2S/c1-5-23(22-17-20(2)38-19-22)28(30-29(31)24-9-6-7-10-25(24)34-30)21-12-13-26(33-18-21)37-16-15-32-14-8-11-27(36)35(3)4/h6-13,17-19,32,34H,5,14-16H2,1-4H3/b11-8+,28-23+. The van der Waals surface area contributed by atoms with E-state index in [0.717, 1.165) is 34.2 Å². The van der Waals surface area contributed by atoms with Crippen molar-refractivity contribution >= 4 is 50.9 Å². The molecular weight excluding hydrogens is 516 g/mol. The number of pyridine rings is 1. The highest BCUT2D eigenvalue weighted by atomic mass is 35.5. The molecule has 0 bridgehead atoms. The number of amides is 1. The van der Waals surface area contributed by atoms with Crippen molar-refractivity contribution in [3.05, 3.63) is 92.9 Å². The summed E-state index contributed by atoms with van der Waals surface area (Å²) in [6.45, 7) is 5.99. The van der Waals surface area contributed by atoms with Gasteiger partial charge in [0.2, 0.25) is 11.8 Å². The predicted octanol–water partition coefficient (Wildman–Crippen LogP) is 6.57. The fourth-order valence-electron chi connectivity index (χ4n) is 4.21. The van der Waals surface area contributed by atoms with Gasteiger partial charge in [-0.05, 0) is 48.1 Å². The van der Waals surface area contributed by atoms with Gasteiger partial charge in [0, 0.05) is 72.4 Å². The van der Waals surface area contributed by atoms with E-state index < -0.39 is 0 Å². The molecule has 0 aliphatic heterocycles. The SMILES string of the molecule is CC/C(=C(/c1ccc(OCCNC/C=C/C(=O)N(C)C)nc1)c1[nH]c2ccccc2c1Cl)c1csc(C)c1. The van der Waals surface area contributed by atoms with Gasteiger partial charge in [-0.25, -0.2) is 4.98 Å². The number of hydrogen-bond acceptors (Lipinski definition) is 5. The normalized spacial score (nSPS) is 12.2. The van der Waals surface area contributed by atoms with Crippen LogP contribution >= 0.6 is 22.9 Å². The van der Waals surface area contributed by atoms with E-state index in [2.05, 4.69) is 40.6 Å².